The van der Waals surface area contributed by atoms with Crippen molar-refractivity contribution in [3.8, 4) is 0 Å². The molecule has 0 saturated heterocycles. The highest BCUT2D eigenvalue weighted by Gasteiger charge is 2.22. The molecule has 0 aliphatic heterocycles. The molecule has 1 saturated carbocycles. The quantitative estimate of drug-likeness (QED) is 0.293. The lowest BCUT2D eigenvalue weighted by molar-refractivity contribution is 0.302. The molecule has 1 aliphatic rings. The van der Waals surface area contributed by atoms with E-state index in [-0.39, 0.29) is 0 Å². The van der Waals surface area contributed by atoms with Gasteiger partial charge in [0.05, 0.1) is 0 Å². The van der Waals surface area contributed by atoms with Crippen LogP contribution < -0.4 is 0 Å². The third-order valence-corrected chi connectivity index (χ3v) is 8.04. The highest BCUT2D eigenvalue weighted by Crippen LogP contribution is 2.38. The predicted molar refractivity (Wildman–Crippen MR) is 142 cm³/mol. The van der Waals surface area contributed by atoms with Gasteiger partial charge in [0.15, 0.2) is 0 Å². The van der Waals surface area contributed by atoms with Gasteiger partial charge in [-0.1, -0.05) is 88.8 Å². The van der Waals surface area contributed by atoms with Gasteiger partial charge in [0.1, 0.15) is 0 Å². The average molecular weight is 433 g/mol. The second-order valence-corrected chi connectivity index (χ2v) is 10.6. The highest BCUT2D eigenvalue weighted by atomic mass is 14.3. The first-order valence-electron chi connectivity index (χ1n) is 13.8. The molecule has 1 fully saturated rings. The monoisotopic (exact) mass is 432 g/mol. The Morgan fingerprint density at radius 1 is 0.656 bits per heavy atom. The molecule has 0 bridgehead atoms. The second kappa shape index (κ2) is 13.2. The summed E-state index contributed by atoms with van der Waals surface area (Å²) >= 11 is 0. The summed E-state index contributed by atoms with van der Waals surface area (Å²) in [6.07, 6.45) is 18.9. The molecule has 1 aliphatic carbocycles. The standard InChI is InChI=1S/C32H48/c1-5-7-9-11-27-13-19-31(20-14-27)32-22-21-30(26(4)24-32)18-16-28-15-17-29(25(3)23-28)12-10-8-6-2/h15,17,21-24,27,31H,5-14,16,18-20H2,1-4H3/t27-,31-. The first-order valence-corrected chi connectivity index (χ1v) is 13.8. The fourth-order valence-corrected chi connectivity index (χ4v) is 5.76. The van der Waals surface area contributed by atoms with Crippen molar-refractivity contribution < 1.29 is 0 Å². The number of hydrogen-bond donors (Lipinski definition) is 0. The van der Waals surface area contributed by atoms with Crippen molar-refractivity contribution in [3.05, 3.63) is 69.8 Å². The fraction of sp³-hybridized carbons (Fsp3) is 0.625. The minimum absolute atomic E-state index is 0.799. The number of rotatable bonds is 12. The summed E-state index contributed by atoms with van der Waals surface area (Å²) in [5, 5.41) is 0. The van der Waals surface area contributed by atoms with Crippen LogP contribution in [-0.4, -0.2) is 0 Å². The summed E-state index contributed by atoms with van der Waals surface area (Å²) in [6, 6.07) is 14.6. The van der Waals surface area contributed by atoms with Crippen LogP contribution in [0.25, 0.3) is 0 Å². The predicted octanol–water partition coefficient (Wildman–Crippen LogP) is 9.68. The zero-order valence-corrected chi connectivity index (χ0v) is 21.5. The van der Waals surface area contributed by atoms with Crippen molar-refractivity contribution in [2.75, 3.05) is 0 Å². The first kappa shape index (κ1) is 25.1. The Hall–Kier alpha value is -1.56. The Morgan fingerprint density at radius 2 is 1.31 bits per heavy atom. The molecule has 32 heavy (non-hydrogen) atoms. The van der Waals surface area contributed by atoms with Gasteiger partial charge < -0.3 is 0 Å². The van der Waals surface area contributed by atoms with Crippen molar-refractivity contribution in [3.63, 3.8) is 0 Å². The smallest absolute Gasteiger partial charge is 0.0162 e. The van der Waals surface area contributed by atoms with Crippen LogP contribution in [-0.2, 0) is 19.3 Å². The molecule has 2 aromatic rings. The highest BCUT2D eigenvalue weighted by molar-refractivity contribution is 5.35. The van der Waals surface area contributed by atoms with E-state index in [0.717, 1.165) is 24.7 Å². The summed E-state index contributed by atoms with van der Waals surface area (Å²) in [4.78, 5) is 0. The maximum absolute atomic E-state index is 2.51. The van der Waals surface area contributed by atoms with Gasteiger partial charge in [0.25, 0.3) is 0 Å². The maximum Gasteiger partial charge on any atom is -0.0162 e. The molecule has 0 unspecified atom stereocenters. The molecule has 0 spiro atoms. The number of hydrogen-bond acceptors (Lipinski definition) is 0. The van der Waals surface area contributed by atoms with E-state index >= 15 is 0 Å². The fourth-order valence-electron chi connectivity index (χ4n) is 5.76. The zero-order chi connectivity index (χ0) is 22.8. The molecule has 0 aromatic heterocycles. The van der Waals surface area contributed by atoms with Crippen LogP contribution >= 0.6 is 0 Å². The third-order valence-electron chi connectivity index (χ3n) is 8.04. The van der Waals surface area contributed by atoms with Crippen LogP contribution in [0, 0.1) is 19.8 Å². The van der Waals surface area contributed by atoms with Crippen LogP contribution in [0.1, 0.15) is 124 Å². The van der Waals surface area contributed by atoms with Crippen molar-refractivity contribution in [1.29, 1.82) is 0 Å². The van der Waals surface area contributed by atoms with Gasteiger partial charge >= 0.3 is 0 Å². The van der Waals surface area contributed by atoms with E-state index in [1.54, 1.807) is 11.1 Å². The summed E-state index contributed by atoms with van der Waals surface area (Å²) in [7, 11) is 0. The molecule has 176 valence electrons. The second-order valence-electron chi connectivity index (χ2n) is 10.6. The minimum Gasteiger partial charge on any atom is -0.0654 e. The Bertz CT molecular complexity index is 807. The molecule has 0 radical (unpaired) electrons. The van der Waals surface area contributed by atoms with Gasteiger partial charge in [0, 0.05) is 0 Å². The van der Waals surface area contributed by atoms with E-state index in [2.05, 4.69) is 64.1 Å². The maximum atomic E-state index is 2.51. The molecule has 0 amide bonds. The van der Waals surface area contributed by atoms with Crippen molar-refractivity contribution in [2.45, 2.75) is 124 Å². The van der Waals surface area contributed by atoms with E-state index in [1.165, 1.54) is 99.3 Å². The molecule has 2 aromatic carbocycles. The molecular formula is C32H48. The zero-order valence-electron chi connectivity index (χ0n) is 21.5. The van der Waals surface area contributed by atoms with Crippen LogP contribution in [0.4, 0.5) is 0 Å². The summed E-state index contributed by atoms with van der Waals surface area (Å²) in [5.74, 6) is 1.80. The van der Waals surface area contributed by atoms with Crippen LogP contribution in [0.5, 0.6) is 0 Å². The van der Waals surface area contributed by atoms with E-state index < -0.39 is 0 Å². The Kier molecular flexibility index (Phi) is 10.4. The van der Waals surface area contributed by atoms with Gasteiger partial charge in [0.2, 0.25) is 0 Å². The lowest BCUT2D eigenvalue weighted by Gasteiger charge is -2.29. The van der Waals surface area contributed by atoms with Crippen molar-refractivity contribution in [2.24, 2.45) is 5.92 Å². The largest absolute Gasteiger partial charge is 0.0654 e. The molecule has 0 nitrogen and oxygen atoms in total. The van der Waals surface area contributed by atoms with Gasteiger partial charge in [-0.2, -0.15) is 0 Å². The number of aryl methyl sites for hydroxylation is 5. The normalized spacial score (nSPS) is 18.8. The molecule has 0 heteroatoms. The topological polar surface area (TPSA) is 0 Å². The van der Waals surface area contributed by atoms with Gasteiger partial charge in [-0.15, -0.1) is 0 Å². The van der Waals surface area contributed by atoms with E-state index in [0.29, 0.717) is 0 Å². The van der Waals surface area contributed by atoms with E-state index in [4.69, 9.17) is 0 Å². The molecule has 3 rings (SSSR count). The molecular weight excluding hydrogens is 384 g/mol. The summed E-state index contributed by atoms with van der Waals surface area (Å²) in [6.45, 7) is 9.22. The van der Waals surface area contributed by atoms with Gasteiger partial charge in [-0.05, 0) is 110 Å². The average Bonchev–Trinajstić information content (AvgIpc) is 2.80. The first-order chi connectivity index (χ1) is 15.6. The molecule has 0 atom stereocenters. The van der Waals surface area contributed by atoms with Crippen LogP contribution in [0.15, 0.2) is 36.4 Å². The van der Waals surface area contributed by atoms with Gasteiger partial charge in [-0.25, -0.2) is 0 Å². The SMILES string of the molecule is CCCCCc1ccc(CCc2ccc([C@H]3CC[C@H](CCCCC)CC3)cc2C)cc1C. The number of unbranched alkanes of at least 4 members (excludes halogenated alkanes) is 4. The molecule has 0 heterocycles. The van der Waals surface area contributed by atoms with E-state index in [1.807, 2.05) is 0 Å². The third kappa shape index (κ3) is 7.50. The van der Waals surface area contributed by atoms with Crippen molar-refractivity contribution >= 4 is 0 Å². The Balaban J connectivity index is 1.50. The summed E-state index contributed by atoms with van der Waals surface area (Å²) in [5.41, 5.74) is 9.16. The number of benzene rings is 2. The van der Waals surface area contributed by atoms with E-state index in [9.17, 15) is 0 Å². The Labute approximate surface area is 199 Å². The van der Waals surface area contributed by atoms with Crippen LogP contribution in [0.3, 0.4) is 0 Å². The Morgan fingerprint density at radius 3 is 2.00 bits per heavy atom. The summed E-state index contributed by atoms with van der Waals surface area (Å²) < 4.78 is 0. The van der Waals surface area contributed by atoms with Crippen LogP contribution in [0.2, 0.25) is 0 Å². The van der Waals surface area contributed by atoms with Crippen molar-refractivity contribution in [1.82, 2.24) is 0 Å². The minimum atomic E-state index is 0.799. The lowest BCUT2D eigenvalue weighted by Crippen LogP contribution is -2.13. The lowest BCUT2D eigenvalue weighted by atomic mass is 9.76. The molecule has 0 N–H and O–H groups in total. The van der Waals surface area contributed by atoms with Gasteiger partial charge in [-0.3, -0.25) is 0 Å².